The van der Waals surface area contributed by atoms with E-state index < -0.39 is 4.92 Å². The molecule has 0 aliphatic rings. The van der Waals surface area contributed by atoms with E-state index in [2.05, 4.69) is 15.3 Å². The Bertz CT molecular complexity index is 582. The number of nitrogens with one attached hydrogen (secondary N) is 1. The van der Waals surface area contributed by atoms with Crippen LogP contribution in [0.4, 0.5) is 11.5 Å². The maximum Gasteiger partial charge on any atom is 0.287 e. The first-order valence-electron chi connectivity index (χ1n) is 5.32. The highest BCUT2D eigenvalue weighted by atomic mass is 32.1. The molecule has 0 aliphatic carbocycles. The largest absolute Gasteiger partial charge is 0.365 e. The van der Waals surface area contributed by atoms with E-state index >= 15 is 0 Å². The van der Waals surface area contributed by atoms with Gasteiger partial charge in [0, 0.05) is 17.1 Å². The number of anilines is 1. The number of nitrogens with zero attached hydrogens (tertiary/aromatic N) is 3. The van der Waals surface area contributed by atoms with Crippen LogP contribution in [0.2, 0.25) is 0 Å². The van der Waals surface area contributed by atoms with Crippen molar-refractivity contribution in [1.82, 2.24) is 9.97 Å². The Morgan fingerprint density at radius 3 is 2.72 bits per heavy atom. The van der Waals surface area contributed by atoms with Crippen molar-refractivity contribution >= 4 is 22.8 Å². The maximum atomic E-state index is 10.6. The second-order valence-electron chi connectivity index (χ2n) is 3.82. The molecular formula is C11H12N4O2S. The zero-order valence-electron chi connectivity index (χ0n) is 10.0. The molecule has 0 fully saturated rings. The minimum atomic E-state index is -0.448. The maximum absolute atomic E-state index is 10.6. The minimum Gasteiger partial charge on any atom is -0.365 e. The van der Waals surface area contributed by atoms with Gasteiger partial charge in [0.15, 0.2) is 0 Å². The summed E-state index contributed by atoms with van der Waals surface area (Å²) in [6.07, 6.45) is 3.07. The van der Waals surface area contributed by atoms with E-state index in [1.807, 2.05) is 13.1 Å². The van der Waals surface area contributed by atoms with Crippen LogP contribution in [0, 0.1) is 24.0 Å². The number of pyridine rings is 1. The van der Waals surface area contributed by atoms with E-state index in [1.54, 1.807) is 18.3 Å². The van der Waals surface area contributed by atoms with Crippen LogP contribution in [-0.2, 0) is 6.54 Å². The molecule has 0 spiro atoms. The smallest absolute Gasteiger partial charge is 0.287 e. The predicted molar refractivity (Wildman–Crippen MR) is 69.8 cm³/mol. The van der Waals surface area contributed by atoms with Gasteiger partial charge in [0.1, 0.15) is 12.0 Å². The fourth-order valence-corrected chi connectivity index (χ4v) is 2.24. The van der Waals surface area contributed by atoms with Gasteiger partial charge in [0.2, 0.25) is 0 Å². The van der Waals surface area contributed by atoms with E-state index in [4.69, 9.17) is 0 Å². The lowest BCUT2D eigenvalue weighted by Gasteiger charge is -2.06. The molecule has 6 nitrogen and oxygen atoms in total. The number of aromatic nitrogens is 2. The monoisotopic (exact) mass is 264 g/mol. The highest BCUT2D eigenvalue weighted by molar-refractivity contribution is 7.11. The van der Waals surface area contributed by atoms with E-state index in [0.717, 1.165) is 15.4 Å². The summed E-state index contributed by atoms with van der Waals surface area (Å²) in [7, 11) is 0. The van der Waals surface area contributed by atoms with Crippen LogP contribution < -0.4 is 5.32 Å². The normalized spacial score (nSPS) is 10.3. The number of thiazole rings is 1. The van der Waals surface area contributed by atoms with Crippen molar-refractivity contribution in [3.05, 3.63) is 44.0 Å². The molecule has 94 valence electrons. The van der Waals surface area contributed by atoms with E-state index in [0.29, 0.717) is 12.4 Å². The average Bonchev–Trinajstić information content (AvgIpc) is 2.73. The molecular weight excluding hydrogens is 252 g/mol. The summed E-state index contributed by atoms with van der Waals surface area (Å²) in [5.74, 6) is 0.659. The van der Waals surface area contributed by atoms with Gasteiger partial charge in [0.05, 0.1) is 16.5 Å². The van der Waals surface area contributed by atoms with Crippen LogP contribution in [-0.4, -0.2) is 14.9 Å². The molecule has 0 unspecified atom stereocenters. The summed E-state index contributed by atoms with van der Waals surface area (Å²) in [5.41, 5.74) is 0.761. The molecule has 0 bridgehead atoms. The summed E-state index contributed by atoms with van der Waals surface area (Å²) in [6, 6.07) is 1.51. The van der Waals surface area contributed by atoms with Crippen molar-refractivity contribution in [1.29, 1.82) is 0 Å². The Morgan fingerprint density at radius 1 is 1.39 bits per heavy atom. The van der Waals surface area contributed by atoms with Crippen LogP contribution in [0.15, 0.2) is 18.5 Å². The molecule has 0 atom stereocenters. The molecule has 2 heterocycles. The van der Waals surface area contributed by atoms with E-state index in [-0.39, 0.29) is 5.69 Å². The van der Waals surface area contributed by atoms with Crippen molar-refractivity contribution in [3.8, 4) is 0 Å². The van der Waals surface area contributed by atoms with Gasteiger partial charge in [-0.15, -0.1) is 11.3 Å². The second kappa shape index (κ2) is 5.09. The third-order valence-corrected chi connectivity index (χ3v) is 3.29. The van der Waals surface area contributed by atoms with Gasteiger partial charge in [0.25, 0.3) is 5.69 Å². The topological polar surface area (TPSA) is 81.0 Å². The molecule has 7 heteroatoms. The molecule has 0 aromatic carbocycles. The van der Waals surface area contributed by atoms with Gasteiger partial charge in [-0.3, -0.25) is 10.1 Å². The van der Waals surface area contributed by atoms with Crippen molar-refractivity contribution in [3.63, 3.8) is 0 Å². The quantitative estimate of drug-likeness (QED) is 0.678. The molecule has 0 saturated carbocycles. The number of hydrogen-bond donors (Lipinski definition) is 1. The molecule has 0 saturated heterocycles. The highest BCUT2D eigenvalue weighted by Gasteiger charge is 2.09. The number of hydrogen-bond acceptors (Lipinski definition) is 6. The Balaban J connectivity index is 2.08. The molecule has 1 N–H and O–H groups in total. The van der Waals surface area contributed by atoms with Gasteiger partial charge < -0.3 is 5.32 Å². The molecule has 2 aromatic heterocycles. The van der Waals surface area contributed by atoms with Crippen molar-refractivity contribution < 1.29 is 4.92 Å². The van der Waals surface area contributed by atoms with Crippen LogP contribution >= 0.6 is 11.3 Å². The molecule has 0 aliphatic heterocycles. The molecule has 0 radical (unpaired) electrons. The highest BCUT2D eigenvalue weighted by Crippen LogP contribution is 2.19. The first-order valence-corrected chi connectivity index (χ1v) is 6.14. The third-order valence-electron chi connectivity index (χ3n) is 2.37. The summed E-state index contributed by atoms with van der Waals surface area (Å²) in [4.78, 5) is 19.5. The molecule has 0 amide bonds. The zero-order valence-corrected chi connectivity index (χ0v) is 10.8. The first-order chi connectivity index (χ1) is 8.56. The number of rotatable bonds is 4. The Morgan fingerprint density at radius 2 is 2.17 bits per heavy atom. The van der Waals surface area contributed by atoms with Crippen molar-refractivity contribution in [2.24, 2.45) is 0 Å². The predicted octanol–water partition coefficient (Wildman–Crippen LogP) is 2.68. The van der Waals surface area contributed by atoms with Gasteiger partial charge in [-0.05, 0) is 19.4 Å². The lowest BCUT2D eigenvalue weighted by atomic mass is 10.2. The Labute approximate surface area is 108 Å². The van der Waals surface area contributed by atoms with Gasteiger partial charge in [-0.25, -0.2) is 9.97 Å². The van der Waals surface area contributed by atoms with Crippen molar-refractivity contribution in [2.75, 3.05) is 5.32 Å². The number of nitro groups is 1. The van der Waals surface area contributed by atoms with E-state index in [1.165, 1.54) is 12.3 Å². The fraction of sp³-hybridized carbons (Fsp3) is 0.273. The fourth-order valence-electron chi connectivity index (χ4n) is 1.50. The number of aryl methyl sites for hydroxylation is 2. The SMILES string of the molecule is Cc1ncc(CNc2ncc([N+](=O)[O-])cc2C)s1. The van der Waals surface area contributed by atoms with Crippen LogP contribution in [0.3, 0.4) is 0 Å². The Hall–Kier alpha value is -2.02. The molecule has 18 heavy (non-hydrogen) atoms. The summed E-state index contributed by atoms with van der Waals surface area (Å²) in [6.45, 7) is 4.36. The molecule has 2 rings (SSSR count). The first kappa shape index (κ1) is 12.4. The van der Waals surface area contributed by atoms with Crippen molar-refractivity contribution in [2.45, 2.75) is 20.4 Å². The Kier molecular flexibility index (Phi) is 3.52. The standard InChI is InChI=1S/C11H12N4O2S/c1-7-3-9(15(16)17)4-13-11(7)14-6-10-5-12-8(2)18-10/h3-5H,6H2,1-2H3,(H,13,14). The van der Waals surface area contributed by atoms with E-state index in [9.17, 15) is 10.1 Å². The minimum absolute atomic E-state index is 0.00619. The summed E-state index contributed by atoms with van der Waals surface area (Å²) in [5, 5.41) is 14.7. The lowest BCUT2D eigenvalue weighted by Crippen LogP contribution is -2.02. The van der Waals surface area contributed by atoms with Crippen LogP contribution in [0.1, 0.15) is 15.4 Å². The zero-order chi connectivity index (χ0) is 13.1. The van der Waals surface area contributed by atoms with Gasteiger partial charge in [-0.1, -0.05) is 0 Å². The lowest BCUT2D eigenvalue weighted by molar-refractivity contribution is -0.385. The van der Waals surface area contributed by atoms with Crippen LogP contribution in [0.5, 0.6) is 0 Å². The van der Waals surface area contributed by atoms with Crippen LogP contribution in [0.25, 0.3) is 0 Å². The van der Waals surface area contributed by atoms with Gasteiger partial charge in [-0.2, -0.15) is 0 Å². The third kappa shape index (κ3) is 2.80. The molecule has 2 aromatic rings. The second-order valence-corrected chi connectivity index (χ2v) is 5.13. The summed E-state index contributed by atoms with van der Waals surface area (Å²) >= 11 is 1.61. The average molecular weight is 264 g/mol. The van der Waals surface area contributed by atoms with Gasteiger partial charge >= 0.3 is 0 Å². The summed E-state index contributed by atoms with van der Waals surface area (Å²) < 4.78 is 0.